The molecular weight excluding hydrogens is 202 g/mol. The monoisotopic (exact) mass is 227 g/mol. The van der Waals surface area contributed by atoms with Gasteiger partial charge in [0.1, 0.15) is 5.60 Å². The topological polar surface area (TPSA) is 40.5 Å². The van der Waals surface area contributed by atoms with Gasteiger partial charge in [-0.3, -0.25) is 4.79 Å². The first-order valence-corrected chi connectivity index (χ1v) is 6.14. The molecule has 0 unspecified atom stereocenters. The summed E-state index contributed by atoms with van der Waals surface area (Å²) < 4.78 is 0. The Bertz CT molecular complexity index is 252. The van der Waals surface area contributed by atoms with E-state index >= 15 is 0 Å². The largest absolute Gasteiger partial charge is 0.381 e. The first kappa shape index (κ1) is 13.5. The lowest BCUT2D eigenvalue weighted by Crippen LogP contribution is -2.49. The molecule has 0 aromatic rings. The van der Waals surface area contributed by atoms with E-state index in [9.17, 15) is 9.90 Å². The van der Waals surface area contributed by atoms with Crippen molar-refractivity contribution in [2.75, 3.05) is 13.1 Å². The summed E-state index contributed by atoms with van der Waals surface area (Å²) >= 11 is 0. The van der Waals surface area contributed by atoms with E-state index in [1.165, 1.54) is 0 Å². The normalized spacial score (nSPS) is 20.0. The zero-order chi connectivity index (χ0) is 12.6. The van der Waals surface area contributed by atoms with Crippen LogP contribution in [0.5, 0.6) is 0 Å². The van der Waals surface area contributed by atoms with Crippen LogP contribution in [-0.4, -0.2) is 34.6 Å². The average molecular weight is 227 g/mol. The molecule has 1 rings (SSSR count). The second-order valence-electron chi connectivity index (χ2n) is 6.49. The summed E-state index contributed by atoms with van der Waals surface area (Å²) in [5.41, 5.74) is -0.904. The van der Waals surface area contributed by atoms with E-state index in [0.29, 0.717) is 11.3 Å². The minimum atomic E-state index is -1.23. The molecule has 0 atom stereocenters. The molecule has 3 nitrogen and oxygen atoms in total. The Morgan fingerprint density at radius 3 is 1.88 bits per heavy atom. The maximum Gasteiger partial charge on any atom is 0.253 e. The Kier molecular flexibility index (Phi) is 3.68. The van der Waals surface area contributed by atoms with Crippen molar-refractivity contribution in [1.29, 1.82) is 0 Å². The van der Waals surface area contributed by atoms with Gasteiger partial charge >= 0.3 is 0 Å². The van der Waals surface area contributed by atoms with Crippen LogP contribution in [0.3, 0.4) is 0 Å². The lowest BCUT2D eigenvalue weighted by atomic mass is 9.75. The maximum atomic E-state index is 11.9. The van der Waals surface area contributed by atoms with Crippen LogP contribution < -0.4 is 0 Å². The molecule has 0 aromatic heterocycles. The van der Waals surface area contributed by atoms with E-state index in [4.69, 9.17) is 0 Å². The molecule has 0 aromatic carbocycles. The van der Waals surface area contributed by atoms with Gasteiger partial charge in [0, 0.05) is 13.1 Å². The maximum absolute atomic E-state index is 11.9. The summed E-state index contributed by atoms with van der Waals surface area (Å²) in [5, 5.41) is 9.67. The molecule has 1 fully saturated rings. The Morgan fingerprint density at radius 2 is 1.56 bits per heavy atom. The highest BCUT2D eigenvalue weighted by molar-refractivity contribution is 5.84. The third kappa shape index (κ3) is 3.21. The SMILES string of the molecule is CC(C)(O)C(=O)N1CCC(C(C)(C)C)CC1. The quantitative estimate of drug-likeness (QED) is 0.744. The molecule has 1 saturated heterocycles. The number of aliphatic hydroxyl groups is 1. The van der Waals surface area contributed by atoms with Gasteiger partial charge in [-0.1, -0.05) is 20.8 Å². The Balaban J connectivity index is 2.53. The van der Waals surface area contributed by atoms with Gasteiger partial charge in [-0.15, -0.1) is 0 Å². The van der Waals surface area contributed by atoms with Crippen LogP contribution in [0.25, 0.3) is 0 Å². The van der Waals surface area contributed by atoms with Gasteiger partial charge in [-0.2, -0.15) is 0 Å². The number of likely N-dealkylation sites (tertiary alicyclic amines) is 1. The fraction of sp³-hybridized carbons (Fsp3) is 0.923. The third-order valence-electron chi connectivity index (χ3n) is 3.53. The van der Waals surface area contributed by atoms with Gasteiger partial charge in [-0.05, 0) is 38.0 Å². The second kappa shape index (κ2) is 4.36. The molecule has 1 N–H and O–H groups in total. The van der Waals surface area contributed by atoms with Gasteiger partial charge in [0.25, 0.3) is 5.91 Å². The van der Waals surface area contributed by atoms with Crippen LogP contribution in [-0.2, 0) is 4.79 Å². The van der Waals surface area contributed by atoms with E-state index in [2.05, 4.69) is 20.8 Å². The molecule has 0 aliphatic carbocycles. The first-order valence-electron chi connectivity index (χ1n) is 6.14. The molecule has 0 radical (unpaired) electrons. The van der Waals surface area contributed by atoms with Gasteiger partial charge in [0.15, 0.2) is 0 Å². The van der Waals surface area contributed by atoms with Crippen molar-refractivity contribution in [2.24, 2.45) is 11.3 Å². The van der Waals surface area contributed by atoms with Crippen molar-refractivity contribution in [3.8, 4) is 0 Å². The van der Waals surface area contributed by atoms with E-state index in [0.717, 1.165) is 25.9 Å². The summed E-state index contributed by atoms with van der Waals surface area (Å²) in [6.07, 6.45) is 2.09. The first-order chi connectivity index (χ1) is 7.12. The average Bonchev–Trinajstić information content (AvgIpc) is 2.14. The molecular formula is C13H25NO2. The fourth-order valence-electron chi connectivity index (χ4n) is 2.34. The number of rotatable bonds is 1. The van der Waals surface area contributed by atoms with E-state index in [1.54, 1.807) is 18.7 Å². The summed E-state index contributed by atoms with van der Waals surface area (Å²) in [6.45, 7) is 11.5. The number of piperidine rings is 1. The number of amides is 1. The van der Waals surface area contributed by atoms with E-state index in [-0.39, 0.29) is 5.91 Å². The molecule has 0 saturated carbocycles. The minimum absolute atomic E-state index is 0.139. The summed E-state index contributed by atoms with van der Waals surface area (Å²) in [4.78, 5) is 13.6. The van der Waals surface area contributed by atoms with Gasteiger partial charge in [0.2, 0.25) is 0 Å². The number of carbonyl (C=O) groups excluding carboxylic acids is 1. The molecule has 1 heterocycles. The number of hydrogen-bond acceptors (Lipinski definition) is 2. The molecule has 94 valence electrons. The Morgan fingerprint density at radius 1 is 1.12 bits per heavy atom. The van der Waals surface area contributed by atoms with Crippen LogP contribution in [0.15, 0.2) is 0 Å². The van der Waals surface area contributed by atoms with E-state index in [1.807, 2.05) is 0 Å². The van der Waals surface area contributed by atoms with Crippen molar-refractivity contribution in [1.82, 2.24) is 4.90 Å². The highest BCUT2D eigenvalue weighted by Crippen LogP contribution is 2.34. The molecule has 1 aliphatic rings. The van der Waals surface area contributed by atoms with Crippen molar-refractivity contribution >= 4 is 5.91 Å². The van der Waals surface area contributed by atoms with Gasteiger partial charge in [0.05, 0.1) is 0 Å². The highest BCUT2D eigenvalue weighted by Gasteiger charge is 2.34. The Hall–Kier alpha value is -0.570. The predicted octanol–water partition coefficient (Wildman–Crippen LogP) is 2.04. The minimum Gasteiger partial charge on any atom is -0.381 e. The smallest absolute Gasteiger partial charge is 0.253 e. The number of hydrogen-bond donors (Lipinski definition) is 1. The van der Waals surface area contributed by atoms with Crippen molar-refractivity contribution in [3.63, 3.8) is 0 Å². The summed E-state index contributed by atoms with van der Waals surface area (Å²) in [7, 11) is 0. The van der Waals surface area contributed by atoms with Gasteiger partial charge in [-0.25, -0.2) is 0 Å². The third-order valence-corrected chi connectivity index (χ3v) is 3.53. The zero-order valence-electron chi connectivity index (χ0n) is 11.2. The standard InChI is InChI=1S/C13H25NO2/c1-12(2,3)10-6-8-14(9-7-10)11(15)13(4,5)16/h10,16H,6-9H2,1-5H3. The number of carbonyl (C=O) groups is 1. The molecule has 0 bridgehead atoms. The second-order valence-corrected chi connectivity index (χ2v) is 6.49. The fourth-order valence-corrected chi connectivity index (χ4v) is 2.34. The van der Waals surface area contributed by atoms with Crippen LogP contribution >= 0.6 is 0 Å². The molecule has 16 heavy (non-hydrogen) atoms. The predicted molar refractivity (Wildman–Crippen MR) is 65.1 cm³/mol. The molecule has 3 heteroatoms. The van der Waals surface area contributed by atoms with E-state index < -0.39 is 5.60 Å². The highest BCUT2D eigenvalue weighted by atomic mass is 16.3. The van der Waals surface area contributed by atoms with Crippen molar-refractivity contribution < 1.29 is 9.90 Å². The van der Waals surface area contributed by atoms with Crippen LogP contribution in [0, 0.1) is 11.3 Å². The Labute approximate surface area is 98.8 Å². The van der Waals surface area contributed by atoms with Crippen molar-refractivity contribution in [2.45, 2.75) is 53.1 Å². The van der Waals surface area contributed by atoms with Crippen molar-refractivity contribution in [3.05, 3.63) is 0 Å². The molecule has 0 spiro atoms. The lowest BCUT2D eigenvalue weighted by molar-refractivity contribution is -0.149. The summed E-state index contributed by atoms with van der Waals surface area (Å²) in [5.74, 6) is 0.540. The molecule has 1 aliphatic heterocycles. The van der Waals surface area contributed by atoms with Crippen LogP contribution in [0.2, 0.25) is 0 Å². The summed E-state index contributed by atoms with van der Waals surface area (Å²) in [6, 6.07) is 0. The van der Waals surface area contributed by atoms with Crippen LogP contribution in [0.1, 0.15) is 47.5 Å². The lowest BCUT2D eigenvalue weighted by Gasteiger charge is -2.40. The van der Waals surface area contributed by atoms with Gasteiger partial charge < -0.3 is 10.0 Å². The number of nitrogens with zero attached hydrogens (tertiary/aromatic N) is 1. The zero-order valence-corrected chi connectivity index (χ0v) is 11.2. The van der Waals surface area contributed by atoms with Crippen LogP contribution in [0.4, 0.5) is 0 Å². The molecule has 1 amide bonds.